The number of nitrogens with one attached hydrogen (secondary N) is 1. The van der Waals surface area contributed by atoms with E-state index in [2.05, 4.69) is 5.32 Å². The molecule has 1 heterocycles. The van der Waals surface area contributed by atoms with Gasteiger partial charge in [-0.3, -0.25) is 9.59 Å². The van der Waals surface area contributed by atoms with Gasteiger partial charge in [0.1, 0.15) is 11.2 Å². The maximum atomic E-state index is 12.6. The van der Waals surface area contributed by atoms with Crippen LogP contribution in [-0.4, -0.2) is 29.4 Å². The first kappa shape index (κ1) is 21.1. The molecule has 0 saturated carbocycles. The fraction of sp³-hybridized carbons (Fsp3) is 0.400. The number of benzene rings is 1. The number of alkyl carbamates (subject to hydrolysis) is 1. The average Bonchev–Trinajstić information content (AvgIpc) is 2.51. The Bertz CT molecular complexity index is 971. The van der Waals surface area contributed by atoms with Gasteiger partial charge in [0.25, 0.3) is 0 Å². The highest BCUT2D eigenvalue weighted by molar-refractivity contribution is 5.93. The molecule has 8 nitrogen and oxygen atoms in total. The number of ketones is 1. The predicted octanol–water partition coefficient (Wildman–Crippen LogP) is 1.98. The summed E-state index contributed by atoms with van der Waals surface area (Å²) in [7, 11) is 0. The van der Waals surface area contributed by atoms with E-state index < -0.39 is 35.1 Å². The van der Waals surface area contributed by atoms with E-state index in [0.717, 1.165) is 10.9 Å². The lowest BCUT2D eigenvalue weighted by Crippen LogP contribution is -2.46. The number of amides is 2. The molecular formula is C20H24N2O6. The average molecular weight is 388 g/mol. The lowest BCUT2D eigenvalue weighted by Gasteiger charge is -2.22. The van der Waals surface area contributed by atoms with Crippen LogP contribution in [0.5, 0.6) is 0 Å². The Labute approximate surface area is 162 Å². The van der Waals surface area contributed by atoms with Crippen LogP contribution in [-0.2, 0) is 20.7 Å². The third kappa shape index (κ3) is 5.94. The highest BCUT2D eigenvalue weighted by Crippen LogP contribution is 2.19. The zero-order valence-electron chi connectivity index (χ0n) is 16.3. The summed E-state index contributed by atoms with van der Waals surface area (Å²) in [4.78, 5) is 47.5. The Balaban J connectivity index is 2.20. The van der Waals surface area contributed by atoms with Crippen molar-refractivity contribution in [2.75, 3.05) is 0 Å². The number of rotatable bonds is 6. The maximum Gasteiger partial charge on any atom is 0.408 e. The molecule has 0 aliphatic rings. The van der Waals surface area contributed by atoms with Crippen LogP contribution in [0.3, 0.4) is 0 Å². The maximum absolute atomic E-state index is 12.6. The number of Topliss-reactive ketones (excluding diaryl/α,β-unsaturated/α-hetero) is 1. The molecule has 1 atom stereocenters. The molecule has 1 aromatic carbocycles. The molecule has 150 valence electrons. The van der Waals surface area contributed by atoms with Crippen molar-refractivity contribution >= 4 is 28.8 Å². The van der Waals surface area contributed by atoms with Gasteiger partial charge in [-0.25, -0.2) is 9.59 Å². The Morgan fingerprint density at radius 1 is 1.21 bits per heavy atom. The van der Waals surface area contributed by atoms with Gasteiger partial charge in [0.2, 0.25) is 5.91 Å². The predicted molar refractivity (Wildman–Crippen MR) is 103 cm³/mol. The first-order valence-electron chi connectivity index (χ1n) is 8.78. The number of nitrogens with two attached hydrogens (primary N) is 1. The molecule has 0 bridgehead atoms. The van der Waals surface area contributed by atoms with Gasteiger partial charge in [-0.05, 0) is 44.9 Å². The van der Waals surface area contributed by atoms with Gasteiger partial charge >= 0.3 is 11.7 Å². The summed E-state index contributed by atoms with van der Waals surface area (Å²) in [6.45, 7) is 6.84. The number of primary amides is 1. The number of hydrogen-bond donors (Lipinski definition) is 2. The number of ether oxygens (including phenoxy) is 1. The molecule has 0 aliphatic carbocycles. The van der Waals surface area contributed by atoms with Gasteiger partial charge in [-0.15, -0.1) is 0 Å². The van der Waals surface area contributed by atoms with Gasteiger partial charge in [0.05, 0.1) is 12.5 Å². The van der Waals surface area contributed by atoms with Gasteiger partial charge in [0.15, 0.2) is 5.78 Å². The van der Waals surface area contributed by atoms with E-state index in [0.29, 0.717) is 11.1 Å². The number of aryl methyl sites for hydroxylation is 1. The van der Waals surface area contributed by atoms with Crippen molar-refractivity contribution in [3.8, 4) is 0 Å². The molecule has 0 aliphatic heterocycles. The van der Waals surface area contributed by atoms with E-state index >= 15 is 0 Å². The first-order chi connectivity index (χ1) is 12.9. The first-order valence-corrected chi connectivity index (χ1v) is 8.78. The Hall–Kier alpha value is -3.16. The lowest BCUT2D eigenvalue weighted by atomic mass is 9.99. The van der Waals surface area contributed by atoms with Crippen LogP contribution in [0.25, 0.3) is 11.0 Å². The Morgan fingerprint density at radius 3 is 2.50 bits per heavy atom. The Kier molecular flexibility index (Phi) is 6.23. The summed E-state index contributed by atoms with van der Waals surface area (Å²) in [5.41, 5.74) is 5.67. The van der Waals surface area contributed by atoms with E-state index in [-0.39, 0.29) is 12.8 Å². The molecular weight excluding hydrogens is 364 g/mol. The smallest absolute Gasteiger partial charge is 0.408 e. The molecule has 2 amide bonds. The number of fused-ring (bicyclic) bond motifs is 1. The molecule has 1 unspecified atom stereocenters. The molecule has 8 heteroatoms. The van der Waals surface area contributed by atoms with Crippen LogP contribution in [0.2, 0.25) is 0 Å². The zero-order valence-corrected chi connectivity index (χ0v) is 16.3. The van der Waals surface area contributed by atoms with Crippen LogP contribution in [0.15, 0.2) is 33.5 Å². The van der Waals surface area contributed by atoms with E-state index in [1.807, 2.05) is 0 Å². The Morgan fingerprint density at radius 2 is 1.89 bits per heavy atom. The van der Waals surface area contributed by atoms with Crippen LogP contribution < -0.4 is 16.7 Å². The molecule has 0 radical (unpaired) electrons. The summed E-state index contributed by atoms with van der Waals surface area (Å²) < 4.78 is 10.3. The zero-order chi connectivity index (χ0) is 21.1. The van der Waals surface area contributed by atoms with E-state index in [1.54, 1.807) is 45.9 Å². The highest BCUT2D eigenvalue weighted by Gasteiger charge is 2.26. The molecule has 0 fully saturated rings. The second kappa shape index (κ2) is 8.24. The van der Waals surface area contributed by atoms with Crippen molar-refractivity contribution in [2.45, 2.75) is 52.2 Å². The third-order valence-corrected chi connectivity index (χ3v) is 3.88. The largest absolute Gasteiger partial charge is 0.444 e. The van der Waals surface area contributed by atoms with Crippen molar-refractivity contribution in [2.24, 2.45) is 5.73 Å². The van der Waals surface area contributed by atoms with Crippen molar-refractivity contribution in [1.29, 1.82) is 0 Å². The molecule has 1 aromatic heterocycles. The minimum atomic E-state index is -1.12. The summed E-state index contributed by atoms with van der Waals surface area (Å²) >= 11 is 0. The minimum absolute atomic E-state index is 0.0820. The number of carbonyl (C=O) groups is 3. The minimum Gasteiger partial charge on any atom is -0.444 e. The summed E-state index contributed by atoms with van der Waals surface area (Å²) in [6.07, 6.45) is -1.24. The highest BCUT2D eigenvalue weighted by atomic mass is 16.6. The van der Waals surface area contributed by atoms with Crippen molar-refractivity contribution in [3.63, 3.8) is 0 Å². The third-order valence-electron chi connectivity index (χ3n) is 3.88. The van der Waals surface area contributed by atoms with Crippen LogP contribution >= 0.6 is 0 Å². The van der Waals surface area contributed by atoms with Gasteiger partial charge in [-0.2, -0.15) is 0 Å². The second-order valence-electron chi connectivity index (χ2n) is 7.59. The summed E-state index contributed by atoms with van der Waals surface area (Å²) in [6, 6.07) is 5.34. The summed E-state index contributed by atoms with van der Waals surface area (Å²) in [5, 5.41) is 3.16. The fourth-order valence-corrected chi connectivity index (χ4v) is 2.70. The lowest BCUT2D eigenvalue weighted by molar-refractivity contribution is -0.125. The standard InChI is InChI=1S/C20H24N2O6/c1-11-7-18(25)27-16-9-12(5-6-13(11)16)8-15(23)14(10-17(21)24)22-19(26)28-20(2,3)4/h5-7,9,14H,8,10H2,1-4H3,(H2,21,24)(H,22,26). The van der Waals surface area contributed by atoms with Crippen LogP contribution in [0.4, 0.5) is 4.79 Å². The quantitative estimate of drug-likeness (QED) is 0.728. The van der Waals surface area contributed by atoms with Crippen molar-refractivity contribution in [3.05, 3.63) is 45.8 Å². The van der Waals surface area contributed by atoms with Crippen LogP contribution in [0, 0.1) is 6.92 Å². The van der Waals surface area contributed by atoms with E-state index in [1.165, 1.54) is 6.07 Å². The van der Waals surface area contributed by atoms with Gasteiger partial charge in [-0.1, -0.05) is 12.1 Å². The molecule has 0 saturated heterocycles. The topological polar surface area (TPSA) is 129 Å². The normalized spacial score (nSPS) is 12.4. The number of carbonyl (C=O) groups excluding carboxylic acids is 3. The van der Waals surface area contributed by atoms with Crippen molar-refractivity contribution in [1.82, 2.24) is 5.32 Å². The summed E-state index contributed by atoms with van der Waals surface area (Å²) in [5.74, 6) is -1.14. The monoisotopic (exact) mass is 388 g/mol. The molecule has 3 N–H and O–H groups in total. The van der Waals surface area contributed by atoms with Gasteiger partial charge < -0.3 is 20.2 Å². The van der Waals surface area contributed by atoms with Crippen LogP contribution in [0.1, 0.15) is 38.3 Å². The van der Waals surface area contributed by atoms with E-state index in [9.17, 15) is 19.2 Å². The van der Waals surface area contributed by atoms with Crippen molar-refractivity contribution < 1.29 is 23.5 Å². The fourth-order valence-electron chi connectivity index (χ4n) is 2.70. The molecule has 0 spiro atoms. The molecule has 28 heavy (non-hydrogen) atoms. The van der Waals surface area contributed by atoms with E-state index in [4.69, 9.17) is 14.9 Å². The molecule has 2 aromatic rings. The van der Waals surface area contributed by atoms with Gasteiger partial charge in [0, 0.05) is 17.9 Å². The number of hydrogen-bond acceptors (Lipinski definition) is 6. The second-order valence-corrected chi connectivity index (χ2v) is 7.59. The SMILES string of the molecule is Cc1cc(=O)oc2cc(CC(=O)C(CC(N)=O)NC(=O)OC(C)(C)C)ccc12. The molecule has 2 rings (SSSR count).